The van der Waals surface area contributed by atoms with Crippen LogP contribution in [0.25, 0.3) is 0 Å². The first kappa shape index (κ1) is 23.1. The zero-order chi connectivity index (χ0) is 17.9. The molecule has 24 heavy (non-hydrogen) atoms. The van der Waals surface area contributed by atoms with Crippen molar-refractivity contribution in [2.24, 2.45) is 0 Å². The van der Waals surface area contributed by atoms with E-state index in [0.717, 1.165) is 17.3 Å². The Hall–Kier alpha value is -0.920. The van der Waals surface area contributed by atoms with Crippen molar-refractivity contribution in [1.29, 1.82) is 0 Å². The molecule has 1 nitrogen and oxygen atoms in total. The van der Waals surface area contributed by atoms with Gasteiger partial charge in [-0.3, -0.25) is 0 Å². The van der Waals surface area contributed by atoms with Crippen LogP contribution < -0.4 is 0 Å². The topological polar surface area (TPSA) is 0 Å². The number of rotatable bonds is 14. The molecule has 138 valence electrons. The van der Waals surface area contributed by atoms with Gasteiger partial charge in [-0.05, 0) is 37.5 Å². The molecule has 0 unspecified atom stereocenters. The van der Waals surface area contributed by atoms with Gasteiger partial charge in [-0.25, -0.2) is 0 Å². The number of unbranched alkanes of at least 4 members (excludes halogenated alkanes) is 12. The Morgan fingerprint density at radius 1 is 0.542 bits per heavy atom. The van der Waals surface area contributed by atoms with Gasteiger partial charge in [0, 0.05) is 12.8 Å². The maximum atomic E-state index is 3.20. The van der Waals surface area contributed by atoms with E-state index in [2.05, 4.69) is 51.7 Å². The average molecular weight is 333 g/mol. The van der Waals surface area contributed by atoms with Crippen molar-refractivity contribution in [1.82, 2.24) is 0 Å². The highest BCUT2D eigenvalue weighted by Crippen LogP contribution is 2.08. The number of quaternary nitrogens is 1. The SMILES string of the molecule is CCCCCCCCC#CC#CCCCCCCCC[N+](C)(C)C. The number of nitrogens with zero attached hydrogens (tertiary/aromatic N) is 1. The molecule has 0 amide bonds. The molecule has 0 aromatic rings. The Kier molecular flexibility index (Phi) is 16.3. The van der Waals surface area contributed by atoms with Crippen molar-refractivity contribution in [3.8, 4) is 23.7 Å². The minimum absolute atomic E-state index is 1.02. The van der Waals surface area contributed by atoms with Crippen LogP contribution in [0.2, 0.25) is 0 Å². The normalized spacial score (nSPS) is 10.7. The van der Waals surface area contributed by atoms with E-state index in [9.17, 15) is 0 Å². The molecule has 0 aromatic carbocycles. The molecule has 0 radical (unpaired) electrons. The van der Waals surface area contributed by atoms with Crippen LogP contribution in [0.5, 0.6) is 0 Å². The fourth-order valence-electron chi connectivity index (χ4n) is 2.71. The summed E-state index contributed by atoms with van der Waals surface area (Å²) >= 11 is 0. The molecular weight excluding hydrogens is 290 g/mol. The van der Waals surface area contributed by atoms with Gasteiger partial charge < -0.3 is 4.48 Å². The fourth-order valence-corrected chi connectivity index (χ4v) is 2.71. The van der Waals surface area contributed by atoms with Gasteiger partial charge in [-0.1, -0.05) is 70.1 Å². The van der Waals surface area contributed by atoms with E-state index in [-0.39, 0.29) is 0 Å². The largest absolute Gasteiger partial charge is 0.331 e. The third kappa shape index (κ3) is 21.1. The standard InChI is InChI=1S/C23H42N/c1-5-6-7-8-9-10-11-12-13-14-15-16-17-18-19-20-21-22-23-24(2,3)4/h5-11,16-23H2,1-4H3/q+1. The van der Waals surface area contributed by atoms with E-state index >= 15 is 0 Å². The Balaban J connectivity index is 3.30. The molecule has 0 saturated carbocycles. The lowest BCUT2D eigenvalue weighted by Gasteiger charge is -2.23. The van der Waals surface area contributed by atoms with Gasteiger partial charge in [0.2, 0.25) is 0 Å². The first-order chi connectivity index (χ1) is 11.6. The lowest BCUT2D eigenvalue weighted by Crippen LogP contribution is -2.35. The molecule has 0 aliphatic rings. The molecule has 0 heterocycles. The third-order valence-electron chi connectivity index (χ3n) is 4.28. The lowest BCUT2D eigenvalue weighted by atomic mass is 10.1. The van der Waals surface area contributed by atoms with Crippen molar-refractivity contribution < 1.29 is 4.48 Å². The Bertz CT molecular complexity index is 380. The summed E-state index contributed by atoms with van der Waals surface area (Å²) in [5, 5.41) is 0. The molecule has 0 saturated heterocycles. The minimum atomic E-state index is 1.02. The van der Waals surface area contributed by atoms with E-state index in [4.69, 9.17) is 0 Å². The van der Waals surface area contributed by atoms with Crippen LogP contribution in [0, 0.1) is 23.7 Å². The Morgan fingerprint density at radius 3 is 1.42 bits per heavy atom. The zero-order valence-electron chi connectivity index (χ0n) is 17.1. The van der Waals surface area contributed by atoms with E-state index in [0.29, 0.717) is 0 Å². The van der Waals surface area contributed by atoms with Crippen LogP contribution in [-0.2, 0) is 0 Å². The number of hydrogen-bond acceptors (Lipinski definition) is 0. The third-order valence-corrected chi connectivity index (χ3v) is 4.28. The summed E-state index contributed by atoms with van der Waals surface area (Å²) in [6.07, 6.45) is 18.1. The monoisotopic (exact) mass is 332 g/mol. The predicted molar refractivity (Wildman–Crippen MR) is 109 cm³/mol. The summed E-state index contributed by atoms with van der Waals surface area (Å²) in [5.41, 5.74) is 0. The predicted octanol–water partition coefficient (Wildman–Crippen LogP) is 6.18. The van der Waals surface area contributed by atoms with Gasteiger partial charge >= 0.3 is 0 Å². The summed E-state index contributed by atoms with van der Waals surface area (Å²) in [4.78, 5) is 0. The zero-order valence-corrected chi connectivity index (χ0v) is 17.1. The van der Waals surface area contributed by atoms with Crippen molar-refractivity contribution in [3.05, 3.63) is 0 Å². The Morgan fingerprint density at radius 2 is 0.958 bits per heavy atom. The fraction of sp³-hybridized carbons (Fsp3) is 0.826. The quantitative estimate of drug-likeness (QED) is 0.202. The smallest absolute Gasteiger partial charge is 0.0780 e. The van der Waals surface area contributed by atoms with Gasteiger partial charge in [0.15, 0.2) is 0 Å². The van der Waals surface area contributed by atoms with Gasteiger partial charge in [0.05, 0.1) is 27.7 Å². The average Bonchev–Trinajstić information content (AvgIpc) is 2.52. The molecule has 0 aromatic heterocycles. The van der Waals surface area contributed by atoms with Gasteiger partial charge in [0.1, 0.15) is 0 Å². The molecule has 0 N–H and O–H groups in total. The maximum absolute atomic E-state index is 3.20. The van der Waals surface area contributed by atoms with Gasteiger partial charge in [0.25, 0.3) is 0 Å². The van der Waals surface area contributed by atoms with Gasteiger partial charge in [-0.2, -0.15) is 0 Å². The highest BCUT2D eigenvalue weighted by Gasteiger charge is 2.04. The van der Waals surface area contributed by atoms with E-state index in [1.165, 1.54) is 83.6 Å². The first-order valence-electron chi connectivity index (χ1n) is 10.3. The summed E-state index contributed by atoms with van der Waals surface area (Å²) in [6.45, 7) is 3.56. The second kappa shape index (κ2) is 16.9. The highest BCUT2D eigenvalue weighted by molar-refractivity contribution is 5.25. The van der Waals surface area contributed by atoms with Crippen molar-refractivity contribution in [3.63, 3.8) is 0 Å². The second-order valence-electron chi connectivity index (χ2n) is 8.01. The van der Waals surface area contributed by atoms with Crippen LogP contribution >= 0.6 is 0 Å². The molecule has 1 heteroatoms. The van der Waals surface area contributed by atoms with Crippen LogP contribution in [0.4, 0.5) is 0 Å². The van der Waals surface area contributed by atoms with Crippen LogP contribution in [0.1, 0.15) is 96.8 Å². The van der Waals surface area contributed by atoms with E-state index in [1.807, 2.05) is 0 Å². The number of hydrogen-bond donors (Lipinski definition) is 0. The van der Waals surface area contributed by atoms with Crippen molar-refractivity contribution in [2.75, 3.05) is 27.7 Å². The molecule has 0 rings (SSSR count). The summed E-state index contributed by atoms with van der Waals surface area (Å²) < 4.78 is 1.09. The summed E-state index contributed by atoms with van der Waals surface area (Å²) in [5.74, 6) is 12.4. The molecular formula is C23H42N+. The van der Waals surface area contributed by atoms with Crippen LogP contribution in [0.3, 0.4) is 0 Å². The summed E-state index contributed by atoms with van der Waals surface area (Å²) in [6, 6.07) is 0. The lowest BCUT2D eigenvalue weighted by molar-refractivity contribution is -0.870. The van der Waals surface area contributed by atoms with Crippen molar-refractivity contribution >= 4 is 0 Å². The van der Waals surface area contributed by atoms with Crippen molar-refractivity contribution in [2.45, 2.75) is 96.8 Å². The van der Waals surface area contributed by atoms with Crippen LogP contribution in [0.15, 0.2) is 0 Å². The second-order valence-corrected chi connectivity index (χ2v) is 8.01. The van der Waals surface area contributed by atoms with E-state index in [1.54, 1.807) is 0 Å². The molecule has 0 aliphatic carbocycles. The van der Waals surface area contributed by atoms with Gasteiger partial charge in [-0.15, -0.1) is 0 Å². The highest BCUT2D eigenvalue weighted by atomic mass is 15.3. The summed E-state index contributed by atoms with van der Waals surface area (Å²) in [7, 11) is 6.82. The maximum Gasteiger partial charge on any atom is 0.0780 e. The molecule has 0 spiro atoms. The molecule has 0 atom stereocenters. The van der Waals surface area contributed by atoms with E-state index < -0.39 is 0 Å². The Labute approximate surface area is 153 Å². The van der Waals surface area contributed by atoms with Crippen LogP contribution in [-0.4, -0.2) is 32.2 Å². The molecule has 0 fully saturated rings. The molecule has 0 aliphatic heterocycles. The minimum Gasteiger partial charge on any atom is -0.331 e. The first-order valence-corrected chi connectivity index (χ1v) is 10.3. The molecule has 0 bridgehead atoms.